The average molecular weight is 341 g/mol. The summed E-state index contributed by atoms with van der Waals surface area (Å²) in [5.41, 5.74) is -0.981. The highest BCUT2D eigenvalue weighted by molar-refractivity contribution is 5.36. The van der Waals surface area contributed by atoms with Gasteiger partial charge in [0.2, 0.25) is 11.8 Å². The van der Waals surface area contributed by atoms with Crippen LogP contribution in [0.2, 0.25) is 0 Å². The van der Waals surface area contributed by atoms with E-state index in [0.29, 0.717) is 0 Å². The second-order valence-corrected chi connectivity index (χ2v) is 6.06. The molecule has 2 heterocycles. The van der Waals surface area contributed by atoms with Crippen molar-refractivity contribution < 1.29 is 22.6 Å². The van der Waals surface area contributed by atoms with Gasteiger partial charge in [-0.15, -0.1) is 12.3 Å². The summed E-state index contributed by atoms with van der Waals surface area (Å²) in [4.78, 5) is 7.73. The molecule has 0 amide bonds. The van der Waals surface area contributed by atoms with Crippen LogP contribution >= 0.6 is 0 Å². The molecule has 130 valence electrons. The zero-order valence-electron chi connectivity index (χ0n) is 13.0. The van der Waals surface area contributed by atoms with Gasteiger partial charge in [0.05, 0.1) is 13.2 Å². The van der Waals surface area contributed by atoms with Gasteiger partial charge in [-0.3, -0.25) is 0 Å². The highest BCUT2D eigenvalue weighted by atomic mass is 19.4. The van der Waals surface area contributed by atoms with Crippen molar-refractivity contribution in [3.05, 3.63) is 11.8 Å². The van der Waals surface area contributed by atoms with Gasteiger partial charge in [-0.05, 0) is 19.3 Å². The van der Waals surface area contributed by atoms with Crippen LogP contribution in [0.4, 0.5) is 19.1 Å². The van der Waals surface area contributed by atoms with Crippen LogP contribution in [-0.2, 0) is 10.9 Å². The monoisotopic (exact) mass is 341 g/mol. The smallest absolute Gasteiger partial charge is 0.423 e. The van der Waals surface area contributed by atoms with Crippen LogP contribution in [0, 0.1) is 18.3 Å². The third-order valence-corrected chi connectivity index (χ3v) is 4.19. The molecule has 8 heteroatoms. The molecule has 0 bridgehead atoms. The maximum Gasteiger partial charge on any atom is 0.423 e. The normalized spacial score (nSPS) is 24.8. The topological polar surface area (TPSA) is 56.3 Å². The molecule has 0 unspecified atom stereocenters. The molecule has 0 spiro atoms. The lowest BCUT2D eigenvalue weighted by Crippen LogP contribution is -2.39. The molecule has 2 aliphatic rings. The minimum absolute atomic E-state index is 0.0522. The SMILES string of the molecule is C#C[C@H]1CCC[C@@H](Nc2ncc(C(F)(F)F)c(OC3COC3)n2)C1. The first kappa shape index (κ1) is 16.8. The van der Waals surface area contributed by atoms with E-state index in [4.69, 9.17) is 15.9 Å². The number of anilines is 1. The largest absolute Gasteiger partial charge is 0.469 e. The van der Waals surface area contributed by atoms with E-state index in [0.717, 1.165) is 31.9 Å². The summed E-state index contributed by atoms with van der Waals surface area (Å²) in [5, 5.41) is 3.08. The van der Waals surface area contributed by atoms with Gasteiger partial charge >= 0.3 is 6.18 Å². The first-order valence-electron chi connectivity index (χ1n) is 7.87. The summed E-state index contributed by atoms with van der Waals surface area (Å²) >= 11 is 0. The molecule has 0 radical (unpaired) electrons. The third kappa shape index (κ3) is 3.90. The van der Waals surface area contributed by atoms with Crippen molar-refractivity contribution in [3.8, 4) is 18.2 Å². The van der Waals surface area contributed by atoms with E-state index in [-0.39, 0.29) is 31.1 Å². The van der Waals surface area contributed by atoms with Crippen LogP contribution in [0.5, 0.6) is 5.88 Å². The van der Waals surface area contributed by atoms with Crippen molar-refractivity contribution in [2.45, 2.75) is 44.0 Å². The molecule has 1 N–H and O–H groups in total. The zero-order valence-corrected chi connectivity index (χ0v) is 13.0. The molecule has 24 heavy (non-hydrogen) atoms. The number of nitrogens with zero attached hydrogens (tertiary/aromatic N) is 2. The molecule has 1 aliphatic heterocycles. The summed E-state index contributed by atoms with van der Waals surface area (Å²) in [5.74, 6) is 2.57. The Bertz CT molecular complexity index is 626. The standard InChI is InChI=1S/C16H18F3N3O2/c1-2-10-4-3-5-11(6-10)21-15-20-7-13(16(17,18)19)14(22-15)24-12-8-23-9-12/h1,7,10-12H,3-6,8-9H2,(H,20,21,22)/t10-,11+/m0/s1. The van der Waals surface area contributed by atoms with E-state index in [9.17, 15) is 13.2 Å². The molecule has 2 atom stereocenters. The second kappa shape index (κ2) is 6.85. The number of halogens is 3. The third-order valence-electron chi connectivity index (χ3n) is 4.19. The highest BCUT2D eigenvalue weighted by Crippen LogP contribution is 2.36. The van der Waals surface area contributed by atoms with Gasteiger partial charge in [-0.1, -0.05) is 6.42 Å². The average Bonchev–Trinajstić information content (AvgIpc) is 2.50. The summed E-state index contributed by atoms with van der Waals surface area (Å²) in [6, 6.07) is 0.0522. The molecule has 1 saturated carbocycles. The van der Waals surface area contributed by atoms with Crippen LogP contribution in [-0.4, -0.2) is 35.3 Å². The summed E-state index contributed by atoms with van der Waals surface area (Å²) < 4.78 is 49.5. The van der Waals surface area contributed by atoms with Gasteiger partial charge < -0.3 is 14.8 Å². The number of ether oxygens (including phenoxy) is 2. The maximum absolute atomic E-state index is 13.1. The van der Waals surface area contributed by atoms with Gasteiger partial charge in [-0.25, -0.2) is 4.98 Å². The maximum atomic E-state index is 13.1. The van der Waals surface area contributed by atoms with Gasteiger partial charge in [0, 0.05) is 18.2 Å². The van der Waals surface area contributed by atoms with E-state index in [2.05, 4.69) is 21.2 Å². The Labute approximate surface area is 138 Å². The molecule has 3 rings (SSSR count). The van der Waals surface area contributed by atoms with Crippen molar-refractivity contribution in [1.82, 2.24) is 9.97 Å². The molecule has 1 aliphatic carbocycles. The van der Waals surface area contributed by atoms with E-state index < -0.39 is 23.7 Å². The van der Waals surface area contributed by atoms with E-state index in [1.807, 2.05) is 0 Å². The van der Waals surface area contributed by atoms with Crippen molar-refractivity contribution in [2.24, 2.45) is 5.92 Å². The highest BCUT2D eigenvalue weighted by Gasteiger charge is 2.38. The van der Waals surface area contributed by atoms with Crippen molar-refractivity contribution in [1.29, 1.82) is 0 Å². The molecular weight excluding hydrogens is 323 g/mol. The van der Waals surface area contributed by atoms with E-state index >= 15 is 0 Å². The number of terminal acetylenes is 1. The molecule has 2 fully saturated rings. The molecule has 1 aromatic rings. The fourth-order valence-corrected chi connectivity index (χ4v) is 2.81. The van der Waals surface area contributed by atoms with Crippen LogP contribution in [0.3, 0.4) is 0 Å². The fraction of sp³-hybridized carbons (Fsp3) is 0.625. The number of rotatable bonds is 4. The van der Waals surface area contributed by atoms with E-state index in [1.165, 1.54) is 0 Å². The first-order valence-corrected chi connectivity index (χ1v) is 7.87. The van der Waals surface area contributed by atoms with Crippen LogP contribution in [0.25, 0.3) is 0 Å². The van der Waals surface area contributed by atoms with Crippen LogP contribution in [0.15, 0.2) is 6.20 Å². The Balaban J connectivity index is 1.76. The lowest BCUT2D eigenvalue weighted by molar-refractivity contribution is -0.142. The number of hydrogen-bond acceptors (Lipinski definition) is 5. The molecule has 1 saturated heterocycles. The Morgan fingerprint density at radius 2 is 2.12 bits per heavy atom. The van der Waals surface area contributed by atoms with E-state index in [1.54, 1.807) is 0 Å². The van der Waals surface area contributed by atoms with Crippen molar-refractivity contribution in [3.63, 3.8) is 0 Å². The van der Waals surface area contributed by atoms with Crippen LogP contribution in [0.1, 0.15) is 31.2 Å². The first-order chi connectivity index (χ1) is 11.5. The number of hydrogen-bond donors (Lipinski definition) is 1. The Kier molecular flexibility index (Phi) is 4.81. The molecular formula is C16H18F3N3O2. The minimum Gasteiger partial charge on any atom is -0.469 e. The lowest BCUT2D eigenvalue weighted by Gasteiger charge is -2.28. The fourth-order valence-electron chi connectivity index (χ4n) is 2.81. The quantitative estimate of drug-likeness (QED) is 0.854. The number of nitrogens with one attached hydrogen (secondary N) is 1. The molecule has 0 aromatic carbocycles. The summed E-state index contributed by atoms with van der Waals surface area (Å²) in [6.07, 6.45) is 4.82. The zero-order chi connectivity index (χ0) is 17.2. The Morgan fingerprint density at radius 1 is 1.33 bits per heavy atom. The number of aromatic nitrogens is 2. The van der Waals surface area contributed by atoms with Crippen LogP contribution < -0.4 is 10.1 Å². The van der Waals surface area contributed by atoms with Gasteiger partial charge in [-0.2, -0.15) is 18.2 Å². The van der Waals surface area contributed by atoms with Gasteiger partial charge in [0.25, 0.3) is 0 Å². The Morgan fingerprint density at radius 3 is 2.75 bits per heavy atom. The second-order valence-electron chi connectivity index (χ2n) is 6.06. The predicted octanol–water partition coefficient (Wildman–Crippen LogP) is 2.88. The predicted molar refractivity (Wildman–Crippen MR) is 80.5 cm³/mol. The molecule has 1 aromatic heterocycles. The summed E-state index contributed by atoms with van der Waals surface area (Å²) in [6.45, 7) is 0.521. The van der Waals surface area contributed by atoms with Gasteiger partial charge in [0.15, 0.2) is 0 Å². The van der Waals surface area contributed by atoms with Gasteiger partial charge in [0.1, 0.15) is 11.7 Å². The van der Waals surface area contributed by atoms with Crippen molar-refractivity contribution in [2.75, 3.05) is 18.5 Å². The Hall–Kier alpha value is -2.01. The van der Waals surface area contributed by atoms with Crippen molar-refractivity contribution >= 4 is 5.95 Å². The minimum atomic E-state index is -4.57. The molecule has 5 nitrogen and oxygen atoms in total. The number of alkyl halides is 3. The summed E-state index contributed by atoms with van der Waals surface area (Å²) in [7, 11) is 0. The lowest BCUT2D eigenvalue weighted by atomic mass is 9.86.